The average molecular weight is 221 g/mol. The largest absolute Gasteiger partial charge is 0.335 e. The highest BCUT2D eigenvalue weighted by Gasteiger charge is 2.25. The molecule has 2 rings (SSSR count). The number of rotatable bonds is 3. The first-order valence-corrected chi connectivity index (χ1v) is 6.59. The number of imidazole rings is 1. The summed E-state index contributed by atoms with van der Waals surface area (Å²) in [6.45, 7) is 3.27. The van der Waals surface area contributed by atoms with Crippen molar-refractivity contribution in [2.75, 3.05) is 0 Å². The Morgan fingerprint density at radius 1 is 1.38 bits per heavy atom. The molecule has 0 radical (unpaired) electrons. The third-order valence-electron chi connectivity index (χ3n) is 3.61. The second-order valence-electron chi connectivity index (χ2n) is 4.89. The molecule has 0 spiro atoms. The van der Waals surface area contributed by atoms with Crippen LogP contribution in [0.3, 0.4) is 0 Å². The maximum atomic E-state index is 6.28. The lowest BCUT2D eigenvalue weighted by atomic mass is 9.94. The molecule has 1 saturated carbocycles. The zero-order chi connectivity index (χ0) is 11.4. The van der Waals surface area contributed by atoms with Crippen molar-refractivity contribution in [2.24, 2.45) is 5.73 Å². The Labute approximate surface area is 98.1 Å². The third kappa shape index (κ3) is 2.46. The number of aryl methyl sites for hydroxylation is 1. The van der Waals surface area contributed by atoms with Crippen molar-refractivity contribution >= 4 is 0 Å². The number of hydrogen-bond donors (Lipinski definition) is 1. The summed E-state index contributed by atoms with van der Waals surface area (Å²) in [5.41, 5.74) is 6.28. The smallest absolute Gasteiger partial charge is 0.113 e. The minimum absolute atomic E-state index is 0.306. The quantitative estimate of drug-likeness (QED) is 0.797. The van der Waals surface area contributed by atoms with Gasteiger partial charge in [0.1, 0.15) is 5.82 Å². The van der Waals surface area contributed by atoms with Crippen molar-refractivity contribution in [3.8, 4) is 0 Å². The summed E-state index contributed by atoms with van der Waals surface area (Å²) in [6, 6.07) is 0.306. The summed E-state index contributed by atoms with van der Waals surface area (Å²) in [6.07, 6.45) is 11.5. The Bertz CT molecular complexity index is 319. The van der Waals surface area contributed by atoms with E-state index in [9.17, 15) is 0 Å². The number of nitrogens with two attached hydrogens (primary N) is 1. The van der Waals surface area contributed by atoms with Crippen molar-refractivity contribution in [3.63, 3.8) is 0 Å². The van der Waals surface area contributed by atoms with Crippen molar-refractivity contribution in [3.05, 3.63) is 18.2 Å². The molecule has 1 aromatic heterocycles. The lowest BCUT2D eigenvalue weighted by Crippen LogP contribution is -2.29. The average Bonchev–Trinajstić information content (AvgIpc) is 2.61. The Morgan fingerprint density at radius 2 is 2.19 bits per heavy atom. The summed E-state index contributed by atoms with van der Waals surface area (Å²) in [4.78, 5) is 4.53. The number of nitrogens with zero attached hydrogens (tertiary/aromatic N) is 2. The molecule has 1 heterocycles. The highest BCUT2D eigenvalue weighted by atomic mass is 15.1. The maximum Gasteiger partial charge on any atom is 0.113 e. The van der Waals surface area contributed by atoms with Crippen LogP contribution in [0.15, 0.2) is 12.4 Å². The predicted octanol–water partition coefficient (Wildman–Crippen LogP) is 2.67. The van der Waals surface area contributed by atoms with E-state index in [2.05, 4.69) is 22.7 Å². The van der Waals surface area contributed by atoms with Gasteiger partial charge >= 0.3 is 0 Å². The fourth-order valence-electron chi connectivity index (χ4n) is 2.74. The molecule has 2 atom stereocenters. The highest BCUT2D eigenvalue weighted by Crippen LogP contribution is 2.30. The first kappa shape index (κ1) is 11.6. The van der Waals surface area contributed by atoms with Crippen LogP contribution in [0.5, 0.6) is 0 Å². The minimum Gasteiger partial charge on any atom is -0.335 e. The van der Waals surface area contributed by atoms with Gasteiger partial charge in [0.2, 0.25) is 0 Å². The van der Waals surface area contributed by atoms with Crippen LogP contribution in [0.25, 0.3) is 0 Å². The van der Waals surface area contributed by atoms with Crippen molar-refractivity contribution in [2.45, 2.75) is 64.0 Å². The van der Waals surface area contributed by atoms with E-state index >= 15 is 0 Å². The molecule has 1 aromatic rings. The third-order valence-corrected chi connectivity index (χ3v) is 3.61. The standard InChI is InChI=1S/C13H23N3/c1-2-9-16-10-8-15-13(16)11-6-4-3-5-7-12(11)14/h8,10-12H,2-7,9,14H2,1H3. The van der Waals surface area contributed by atoms with Gasteiger partial charge in [-0.25, -0.2) is 4.98 Å². The van der Waals surface area contributed by atoms with Gasteiger partial charge in [0, 0.05) is 30.9 Å². The molecule has 3 nitrogen and oxygen atoms in total. The first-order valence-electron chi connectivity index (χ1n) is 6.59. The molecule has 3 heteroatoms. The van der Waals surface area contributed by atoms with E-state index in [1.165, 1.54) is 31.5 Å². The lowest BCUT2D eigenvalue weighted by molar-refractivity contribution is 0.460. The van der Waals surface area contributed by atoms with Crippen LogP contribution in [-0.2, 0) is 6.54 Å². The lowest BCUT2D eigenvalue weighted by Gasteiger charge is -2.21. The molecule has 0 saturated heterocycles. The second-order valence-corrected chi connectivity index (χ2v) is 4.89. The first-order chi connectivity index (χ1) is 7.83. The van der Waals surface area contributed by atoms with Crippen molar-refractivity contribution in [1.82, 2.24) is 9.55 Å². The molecule has 0 bridgehead atoms. The number of hydrogen-bond acceptors (Lipinski definition) is 2. The SMILES string of the molecule is CCCn1ccnc1C1CCCCCC1N. The molecule has 0 aromatic carbocycles. The second kappa shape index (κ2) is 5.48. The topological polar surface area (TPSA) is 43.8 Å². The van der Waals surface area contributed by atoms with Crippen LogP contribution in [0.1, 0.15) is 57.2 Å². The normalized spacial score (nSPS) is 26.6. The molecule has 0 aliphatic heterocycles. The van der Waals surface area contributed by atoms with Gasteiger partial charge in [0.15, 0.2) is 0 Å². The Balaban J connectivity index is 2.16. The summed E-state index contributed by atoms with van der Waals surface area (Å²) < 4.78 is 2.29. The van der Waals surface area contributed by atoms with Gasteiger partial charge in [-0.15, -0.1) is 0 Å². The highest BCUT2D eigenvalue weighted by molar-refractivity contribution is 5.05. The van der Waals surface area contributed by atoms with Crippen LogP contribution < -0.4 is 5.73 Å². The van der Waals surface area contributed by atoms with Crippen LogP contribution in [0.2, 0.25) is 0 Å². The summed E-state index contributed by atoms with van der Waals surface area (Å²) in [7, 11) is 0. The predicted molar refractivity (Wildman–Crippen MR) is 66.3 cm³/mol. The van der Waals surface area contributed by atoms with Gasteiger partial charge < -0.3 is 10.3 Å². The van der Waals surface area contributed by atoms with E-state index in [1.807, 2.05) is 6.20 Å². The fourth-order valence-corrected chi connectivity index (χ4v) is 2.74. The molecular weight excluding hydrogens is 198 g/mol. The molecule has 0 amide bonds. The van der Waals surface area contributed by atoms with E-state index in [4.69, 9.17) is 5.73 Å². The summed E-state index contributed by atoms with van der Waals surface area (Å²) in [5, 5.41) is 0. The zero-order valence-electron chi connectivity index (χ0n) is 10.2. The molecule has 2 N–H and O–H groups in total. The van der Waals surface area contributed by atoms with E-state index in [-0.39, 0.29) is 0 Å². The molecule has 2 unspecified atom stereocenters. The Hall–Kier alpha value is -0.830. The monoisotopic (exact) mass is 221 g/mol. The van der Waals surface area contributed by atoms with E-state index < -0.39 is 0 Å². The van der Waals surface area contributed by atoms with Crippen molar-refractivity contribution < 1.29 is 0 Å². The van der Waals surface area contributed by atoms with Crippen LogP contribution >= 0.6 is 0 Å². The van der Waals surface area contributed by atoms with Gasteiger partial charge in [0.25, 0.3) is 0 Å². The van der Waals surface area contributed by atoms with E-state index in [0.29, 0.717) is 12.0 Å². The van der Waals surface area contributed by atoms with Crippen LogP contribution in [-0.4, -0.2) is 15.6 Å². The zero-order valence-corrected chi connectivity index (χ0v) is 10.2. The summed E-state index contributed by atoms with van der Waals surface area (Å²) in [5.74, 6) is 1.69. The maximum absolute atomic E-state index is 6.28. The fraction of sp³-hybridized carbons (Fsp3) is 0.769. The van der Waals surface area contributed by atoms with E-state index in [1.54, 1.807) is 0 Å². The van der Waals surface area contributed by atoms with Gasteiger partial charge in [-0.3, -0.25) is 0 Å². The minimum atomic E-state index is 0.306. The Morgan fingerprint density at radius 3 is 3.00 bits per heavy atom. The molecule has 1 fully saturated rings. The van der Waals surface area contributed by atoms with Gasteiger partial charge in [-0.2, -0.15) is 0 Å². The van der Waals surface area contributed by atoms with E-state index in [0.717, 1.165) is 19.4 Å². The molecule has 90 valence electrons. The van der Waals surface area contributed by atoms with Crippen LogP contribution in [0, 0.1) is 0 Å². The molecular formula is C13H23N3. The number of aromatic nitrogens is 2. The van der Waals surface area contributed by atoms with Gasteiger partial charge in [0.05, 0.1) is 0 Å². The summed E-state index contributed by atoms with van der Waals surface area (Å²) >= 11 is 0. The molecule has 1 aliphatic rings. The van der Waals surface area contributed by atoms with Crippen LogP contribution in [0.4, 0.5) is 0 Å². The van der Waals surface area contributed by atoms with Gasteiger partial charge in [-0.1, -0.05) is 26.2 Å². The molecule has 1 aliphatic carbocycles. The van der Waals surface area contributed by atoms with Crippen molar-refractivity contribution in [1.29, 1.82) is 0 Å². The molecule has 16 heavy (non-hydrogen) atoms. The Kier molecular flexibility index (Phi) is 3.99. The van der Waals surface area contributed by atoms with Gasteiger partial charge in [-0.05, 0) is 19.3 Å².